The molecule has 1 aromatic carbocycles. The van der Waals surface area contributed by atoms with Crippen molar-refractivity contribution >= 4 is 40.0 Å². The highest BCUT2D eigenvalue weighted by Crippen LogP contribution is 2.39. The van der Waals surface area contributed by atoms with Gasteiger partial charge in [0, 0.05) is 42.4 Å². The van der Waals surface area contributed by atoms with Gasteiger partial charge in [-0.05, 0) is 49.3 Å². The maximum Gasteiger partial charge on any atom is 0.413 e. The number of nitrogens with two attached hydrogens (primary N) is 1. The quantitative estimate of drug-likeness (QED) is 0.386. The largest absolute Gasteiger partial charge is 0.474 e. The lowest BCUT2D eigenvalue weighted by Gasteiger charge is -2.31. The summed E-state index contributed by atoms with van der Waals surface area (Å²) in [7, 11) is 0. The highest BCUT2D eigenvalue weighted by atomic mass is 19.1. The zero-order chi connectivity index (χ0) is 26.1. The number of pyridine rings is 2. The summed E-state index contributed by atoms with van der Waals surface area (Å²) >= 11 is 0. The van der Waals surface area contributed by atoms with E-state index < -0.39 is 18.0 Å². The van der Waals surface area contributed by atoms with E-state index in [1.54, 1.807) is 18.3 Å². The van der Waals surface area contributed by atoms with Gasteiger partial charge >= 0.3 is 6.09 Å². The van der Waals surface area contributed by atoms with Crippen LogP contribution in [0.5, 0.6) is 5.88 Å². The Morgan fingerprint density at radius 1 is 1.19 bits per heavy atom. The number of carbonyl (C=O) groups is 2. The molecule has 0 spiro atoms. The molecule has 1 aliphatic carbocycles. The minimum atomic E-state index is -0.676. The summed E-state index contributed by atoms with van der Waals surface area (Å²) in [5, 5.41) is 9.76. The summed E-state index contributed by atoms with van der Waals surface area (Å²) < 4.78 is 26.6. The fourth-order valence-electron chi connectivity index (χ4n) is 4.99. The lowest BCUT2D eigenvalue weighted by Crippen LogP contribution is -2.46. The molecular formula is C26H29FN6O4. The van der Waals surface area contributed by atoms with Crippen LogP contribution in [0.2, 0.25) is 0 Å². The number of nitrogens with one attached hydrogen (secondary N) is 3. The number of rotatable bonds is 4. The first kappa shape index (κ1) is 24.5. The van der Waals surface area contributed by atoms with Crippen LogP contribution in [0.1, 0.15) is 38.2 Å². The second-order valence-electron chi connectivity index (χ2n) is 9.35. The summed E-state index contributed by atoms with van der Waals surface area (Å²) in [6.07, 6.45) is 5.17. The second-order valence-corrected chi connectivity index (χ2v) is 9.35. The first-order valence-electron chi connectivity index (χ1n) is 12.3. The van der Waals surface area contributed by atoms with Gasteiger partial charge in [0.2, 0.25) is 11.8 Å². The Morgan fingerprint density at radius 2 is 2.00 bits per heavy atom. The zero-order valence-electron chi connectivity index (χ0n) is 20.7. The molecule has 0 bridgehead atoms. The van der Waals surface area contributed by atoms with Crippen LogP contribution in [0.25, 0.3) is 21.9 Å². The van der Waals surface area contributed by atoms with E-state index >= 15 is 4.39 Å². The summed E-state index contributed by atoms with van der Waals surface area (Å²) in [4.78, 5) is 32.7. The van der Waals surface area contributed by atoms with E-state index in [-0.39, 0.29) is 29.0 Å². The Hall–Kier alpha value is -4.15. The maximum absolute atomic E-state index is 15.4. The van der Waals surface area contributed by atoms with E-state index in [9.17, 15) is 9.59 Å². The van der Waals surface area contributed by atoms with Gasteiger partial charge in [0.1, 0.15) is 24.2 Å². The Balaban J connectivity index is 1.41. The highest BCUT2D eigenvalue weighted by Gasteiger charge is 2.29. The Bertz CT molecular complexity index is 1380. The summed E-state index contributed by atoms with van der Waals surface area (Å²) in [5.74, 6) is -0.0195. The summed E-state index contributed by atoms with van der Waals surface area (Å²) in [6, 6.07) is 3.05. The predicted molar refractivity (Wildman–Crippen MR) is 138 cm³/mol. The molecule has 2 atom stereocenters. The number of amides is 2. The fraction of sp³-hybridized carbons (Fsp3) is 0.385. The topological polar surface area (TPSA) is 140 Å². The molecule has 0 radical (unpaired) electrons. The molecule has 1 fully saturated rings. The van der Waals surface area contributed by atoms with Crippen molar-refractivity contribution in [2.75, 3.05) is 29.5 Å². The molecule has 2 amide bonds. The van der Waals surface area contributed by atoms with Crippen molar-refractivity contribution < 1.29 is 23.5 Å². The summed E-state index contributed by atoms with van der Waals surface area (Å²) in [5.41, 5.74) is 8.48. The van der Waals surface area contributed by atoms with Gasteiger partial charge in [-0.1, -0.05) is 6.42 Å². The number of carbonyl (C=O) groups excluding carboxylic acids is 2. The normalized spacial score (nSPS) is 18.8. The molecule has 10 nitrogen and oxygen atoms in total. The molecule has 1 saturated carbocycles. The van der Waals surface area contributed by atoms with Crippen molar-refractivity contribution in [3.05, 3.63) is 35.9 Å². The van der Waals surface area contributed by atoms with E-state index in [4.69, 9.17) is 15.2 Å². The molecular weight excluding hydrogens is 479 g/mol. The number of ether oxygens (including phenoxy) is 2. The molecule has 11 heteroatoms. The van der Waals surface area contributed by atoms with Crippen LogP contribution in [0.15, 0.2) is 24.5 Å². The molecule has 2 aromatic heterocycles. The SMILES string of the molecule is CC(=O)N[C@@H]1CCCC[C@H]1OC(=O)Nc1cc2cc(-c3cnc4c(c3C)NCCO4)c(F)c(N)c2cn1. The number of anilines is 3. The Morgan fingerprint density at radius 3 is 2.81 bits per heavy atom. The third-order valence-electron chi connectivity index (χ3n) is 6.82. The first-order valence-corrected chi connectivity index (χ1v) is 12.3. The average Bonchev–Trinajstić information content (AvgIpc) is 2.87. The van der Waals surface area contributed by atoms with Crippen molar-refractivity contribution in [1.82, 2.24) is 15.3 Å². The van der Waals surface area contributed by atoms with Crippen molar-refractivity contribution in [2.45, 2.75) is 51.7 Å². The fourth-order valence-corrected chi connectivity index (χ4v) is 4.99. The van der Waals surface area contributed by atoms with Crippen molar-refractivity contribution in [2.24, 2.45) is 0 Å². The molecule has 3 aromatic rings. The van der Waals surface area contributed by atoms with Gasteiger partial charge in [0.05, 0.1) is 11.7 Å². The highest BCUT2D eigenvalue weighted by molar-refractivity contribution is 5.99. The Kier molecular flexibility index (Phi) is 6.68. The average molecular weight is 509 g/mol. The number of hydrogen-bond acceptors (Lipinski definition) is 8. The van der Waals surface area contributed by atoms with Gasteiger partial charge in [-0.25, -0.2) is 19.2 Å². The van der Waals surface area contributed by atoms with Gasteiger partial charge in [-0.15, -0.1) is 0 Å². The molecule has 5 rings (SSSR count). The third kappa shape index (κ3) is 4.93. The first-order chi connectivity index (χ1) is 17.8. The van der Waals surface area contributed by atoms with Gasteiger partial charge in [0.25, 0.3) is 0 Å². The monoisotopic (exact) mass is 508 g/mol. The molecule has 194 valence electrons. The molecule has 0 saturated heterocycles. The van der Waals surface area contributed by atoms with E-state index in [0.29, 0.717) is 41.8 Å². The van der Waals surface area contributed by atoms with Crippen molar-refractivity contribution in [3.8, 4) is 17.0 Å². The number of aromatic nitrogens is 2. The number of fused-ring (bicyclic) bond motifs is 2. The minimum Gasteiger partial charge on any atom is -0.474 e. The minimum absolute atomic E-state index is 0.0455. The van der Waals surface area contributed by atoms with Gasteiger partial charge in [0.15, 0.2) is 5.82 Å². The molecule has 3 heterocycles. The molecule has 37 heavy (non-hydrogen) atoms. The molecule has 1 aliphatic heterocycles. The smallest absolute Gasteiger partial charge is 0.413 e. The second kappa shape index (κ2) is 10.1. The van der Waals surface area contributed by atoms with E-state index in [1.165, 1.54) is 13.1 Å². The number of nitrogen functional groups attached to an aromatic ring is 1. The molecule has 5 N–H and O–H groups in total. The van der Waals surface area contributed by atoms with Gasteiger partial charge in [-0.2, -0.15) is 0 Å². The van der Waals surface area contributed by atoms with Crippen LogP contribution in [0.4, 0.5) is 26.4 Å². The third-order valence-corrected chi connectivity index (χ3v) is 6.82. The van der Waals surface area contributed by atoms with Gasteiger partial charge < -0.3 is 25.8 Å². The molecule has 0 unspecified atom stereocenters. The van der Waals surface area contributed by atoms with Gasteiger partial charge in [-0.3, -0.25) is 10.1 Å². The van der Waals surface area contributed by atoms with Crippen molar-refractivity contribution in [1.29, 1.82) is 0 Å². The number of nitrogens with zero attached hydrogens (tertiary/aromatic N) is 2. The van der Waals surface area contributed by atoms with Crippen LogP contribution < -0.4 is 26.4 Å². The van der Waals surface area contributed by atoms with Crippen LogP contribution in [-0.4, -0.2) is 47.3 Å². The van der Waals surface area contributed by atoms with Crippen LogP contribution >= 0.6 is 0 Å². The maximum atomic E-state index is 15.4. The van der Waals surface area contributed by atoms with Crippen LogP contribution in [0, 0.1) is 12.7 Å². The van der Waals surface area contributed by atoms with E-state index in [1.807, 2.05) is 6.92 Å². The Labute approximate surface area is 213 Å². The number of halogens is 1. The van der Waals surface area contributed by atoms with E-state index in [2.05, 4.69) is 25.9 Å². The predicted octanol–water partition coefficient (Wildman–Crippen LogP) is 4.13. The standard InChI is InChI=1S/C26H29FN6O4/c1-13-17(11-31-25-24(13)29-7-8-36-25)16-9-15-10-21(30-12-18(15)23(28)22(16)27)33-26(35)37-20-6-4-3-5-19(20)32-14(2)34/h9-12,19-20,29H,3-8,28H2,1-2H3,(H,32,34)(H,30,33,35)/t19-,20-/m1/s1. The number of hydrogen-bond donors (Lipinski definition) is 4. The van der Waals surface area contributed by atoms with Crippen LogP contribution in [-0.2, 0) is 9.53 Å². The zero-order valence-corrected chi connectivity index (χ0v) is 20.7. The lowest BCUT2D eigenvalue weighted by atomic mass is 9.92. The van der Waals surface area contributed by atoms with E-state index in [0.717, 1.165) is 30.5 Å². The molecule has 2 aliphatic rings. The van der Waals surface area contributed by atoms with Crippen LogP contribution in [0.3, 0.4) is 0 Å². The van der Waals surface area contributed by atoms with Crippen molar-refractivity contribution in [3.63, 3.8) is 0 Å². The number of benzene rings is 1. The lowest BCUT2D eigenvalue weighted by molar-refractivity contribution is -0.120. The summed E-state index contributed by atoms with van der Waals surface area (Å²) in [6.45, 7) is 4.45.